The first-order valence-corrected chi connectivity index (χ1v) is 5.30. The summed E-state index contributed by atoms with van der Waals surface area (Å²) in [4.78, 5) is 6.16. The summed E-state index contributed by atoms with van der Waals surface area (Å²) in [6, 6.07) is 5.61. The first-order chi connectivity index (χ1) is 7.81. The smallest absolute Gasteiger partial charge is 0.146 e. The minimum absolute atomic E-state index is 0.420. The Kier molecular flexibility index (Phi) is 3.34. The van der Waals surface area contributed by atoms with Gasteiger partial charge < -0.3 is 15.3 Å². The van der Waals surface area contributed by atoms with Gasteiger partial charge in [0, 0.05) is 32.4 Å². The quantitative estimate of drug-likeness (QED) is 0.678. The van der Waals surface area contributed by atoms with Crippen molar-refractivity contribution in [2.24, 2.45) is 0 Å². The molecule has 1 aliphatic heterocycles. The highest BCUT2D eigenvalue weighted by atomic mass is 16.3. The molecule has 0 saturated carbocycles. The van der Waals surface area contributed by atoms with Crippen molar-refractivity contribution < 1.29 is 5.11 Å². The van der Waals surface area contributed by atoms with Gasteiger partial charge in [-0.25, -0.2) is 4.98 Å². The first kappa shape index (κ1) is 10.9. The third-order valence-corrected chi connectivity index (χ3v) is 2.58. The summed E-state index contributed by atoms with van der Waals surface area (Å²) in [7, 11) is 0. The van der Waals surface area contributed by atoms with Crippen LogP contribution < -0.4 is 10.2 Å². The molecule has 5 nitrogen and oxygen atoms in total. The van der Waals surface area contributed by atoms with Gasteiger partial charge in [-0.15, -0.1) is 0 Å². The number of β-amino-alcohol motifs (C(OH)–C–C–N with tert-alkyl or cyclic N) is 1. The van der Waals surface area contributed by atoms with Crippen molar-refractivity contribution in [3.05, 3.63) is 23.9 Å². The van der Waals surface area contributed by atoms with Gasteiger partial charge in [-0.2, -0.15) is 5.26 Å². The van der Waals surface area contributed by atoms with Crippen LogP contribution in [0.15, 0.2) is 18.3 Å². The largest absolute Gasteiger partial charge is 0.390 e. The van der Waals surface area contributed by atoms with Crippen LogP contribution in [0.2, 0.25) is 0 Å². The fraction of sp³-hybridized carbons (Fsp3) is 0.455. The number of hydrogen-bond donors (Lipinski definition) is 2. The molecule has 2 heterocycles. The van der Waals surface area contributed by atoms with E-state index in [1.165, 1.54) is 0 Å². The lowest BCUT2D eigenvalue weighted by Crippen LogP contribution is -2.33. The SMILES string of the molecule is N#Cc1cccnc1N1CCNCC(O)C1. The van der Waals surface area contributed by atoms with E-state index in [2.05, 4.69) is 16.4 Å². The Morgan fingerprint density at radius 2 is 2.50 bits per heavy atom. The molecule has 0 aromatic carbocycles. The molecule has 0 spiro atoms. The van der Waals surface area contributed by atoms with Crippen molar-refractivity contribution in [2.75, 3.05) is 31.1 Å². The predicted molar refractivity (Wildman–Crippen MR) is 60.0 cm³/mol. The molecular weight excluding hydrogens is 204 g/mol. The van der Waals surface area contributed by atoms with E-state index in [4.69, 9.17) is 5.26 Å². The zero-order valence-corrected chi connectivity index (χ0v) is 8.93. The third kappa shape index (κ3) is 2.30. The van der Waals surface area contributed by atoms with Gasteiger partial charge in [-0.3, -0.25) is 0 Å². The molecule has 5 heteroatoms. The van der Waals surface area contributed by atoms with Crippen LogP contribution in [-0.4, -0.2) is 42.4 Å². The normalized spacial score (nSPS) is 21.2. The van der Waals surface area contributed by atoms with E-state index in [0.717, 1.165) is 13.1 Å². The number of nitrogens with one attached hydrogen (secondary N) is 1. The van der Waals surface area contributed by atoms with E-state index in [9.17, 15) is 5.11 Å². The highest BCUT2D eigenvalue weighted by Crippen LogP contribution is 2.16. The van der Waals surface area contributed by atoms with Gasteiger partial charge in [0.05, 0.1) is 11.7 Å². The highest BCUT2D eigenvalue weighted by Gasteiger charge is 2.18. The minimum atomic E-state index is -0.420. The minimum Gasteiger partial charge on any atom is -0.390 e. The zero-order chi connectivity index (χ0) is 11.4. The Balaban J connectivity index is 2.25. The van der Waals surface area contributed by atoms with E-state index in [1.54, 1.807) is 18.3 Å². The second kappa shape index (κ2) is 4.92. The molecule has 16 heavy (non-hydrogen) atoms. The molecule has 84 valence electrons. The van der Waals surface area contributed by atoms with Crippen LogP contribution in [0.5, 0.6) is 0 Å². The second-order valence-corrected chi connectivity index (χ2v) is 3.79. The highest BCUT2D eigenvalue weighted by molar-refractivity contribution is 5.53. The topological polar surface area (TPSA) is 72.2 Å². The first-order valence-electron chi connectivity index (χ1n) is 5.30. The van der Waals surface area contributed by atoms with Gasteiger partial charge in [-0.1, -0.05) is 0 Å². The number of hydrogen-bond acceptors (Lipinski definition) is 5. The lowest BCUT2D eigenvalue weighted by atomic mass is 10.2. The summed E-state index contributed by atoms with van der Waals surface area (Å²) in [6.07, 6.45) is 1.25. The van der Waals surface area contributed by atoms with Crippen LogP contribution in [0.1, 0.15) is 5.56 Å². The molecule has 1 aromatic heterocycles. The Labute approximate surface area is 94.3 Å². The third-order valence-electron chi connectivity index (χ3n) is 2.58. The monoisotopic (exact) mass is 218 g/mol. The molecule has 0 aliphatic carbocycles. The number of aliphatic hydroxyl groups excluding tert-OH is 1. The van der Waals surface area contributed by atoms with Crippen molar-refractivity contribution in [3.63, 3.8) is 0 Å². The Hall–Kier alpha value is -1.64. The molecule has 0 bridgehead atoms. The van der Waals surface area contributed by atoms with Crippen LogP contribution in [0.25, 0.3) is 0 Å². The van der Waals surface area contributed by atoms with Gasteiger partial charge >= 0.3 is 0 Å². The maximum atomic E-state index is 9.67. The lowest BCUT2D eigenvalue weighted by Gasteiger charge is -2.23. The van der Waals surface area contributed by atoms with Crippen LogP contribution in [0, 0.1) is 11.3 Å². The van der Waals surface area contributed by atoms with Crippen LogP contribution >= 0.6 is 0 Å². The van der Waals surface area contributed by atoms with Crippen LogP contribution in [0.4, 0.5) is 5.82 Å². The van der Waals surface area contributed by atoms with Gasteiger partial charge in [0.25, 0.3) is 0 Å². The van der Waals surface area contributed by atoms with Crippen molar-refractivity contribution in [3.8, 4) is 6.07 Å². The second-order valence-electron chi connectivity index (χ2n) is 3.79. The van der Waals surface area contributed by atoms with Crippen molar-refractivity contribution >= 4 is 5.82 Å². The maximum absolute atomic E-state index is 9.67. The molecule has 0 radical (unpaired) electrons. The van der Waals surface area contributed by atoms with Gasteiger partial charge in [0.1, 0.15) is 11.9 Å². The Morgan fingerprint density at radius 3 is 3.31 bits per heavy atom. The zero-order valence-electron chi connectivity index (χ0n) is 8.93. The molecule has 1 atom stereocenters. The molecular formula is C11H14N4O. The molecule has 1 unspecified atom stereocenters. The molecule has 1 saturated heterocycles. The summed E-state index contributed by atoms with van der Waals surface area (Å²) < 4.78 is 0. The number of nitrogens with zero attached hydrogens (tertiary/aromatic N) is 3. The summed E-state index contributed by atoms with van der Waals surface area (Å²) in [5, 5.41) is 21.8. The number of anilines is 1. The number of aliphatic hydroxyl groups is 1. The van der Waals surface area contributed by atoms with Crippen LogP contribution in [-0.2, 0) is 0 Å². The van der Waals surface area contributed by atoms with E-state index >= 15 is 0 Å². The average Bonchev–Trinajstić information content (AvgIpc) is 2.54. The van der Waals surface area contributed by atoms with E-state index in [1.807, 2.05) is 4.90 Å². The van der Waals surface area contributed by atoms with Gasteiger partial charge in [-0.05, 0) is 12.1 Å². The van der Waals surface area contributed by atoms with E-state index < -0.39 is 6.10 Å². The number of pyridine rings is 1. The molecule has 1 aliphatic rings. The van der Waals surface area contributed by atoms with Gasteiger partial charge in [0.15, 0.2) is 0 Å². The molecule has 2 rings (SSSR count). The number of rotatable bonds is 1. The summed E-state index contributed by atoms with van der Waals surface area (Å²) in [5.41, 5.74) is 0.552. The predicted octanol–water partition coefficient (Wildman–Crippen LogP) is -0.276. The van der Waals surface area contributed by atoms with Crippen molar-refractivity contribution in [1.82, 2.24) is 10.3 Å². The summed E-state index contributed by atoms with van der Waals surface area (Å²) in [6.45, 7) is 2.64. The fourth-order valence-electron chi connectivity index (χ4n) is 1.82. The maximum Gasteiger partial charge on any atom is 0.146 e. The molecule has 2 N–H and O–H groups in total. The molecule has 1 fully saturated rings. The van der Waals surface area contributed by atoms with Gasteiger partial charge in [0.2, 0.25) is 0 Å². The summed E-state index contributed by atoms with van der Waals surface area (Å²) >= 11 is 0. The van der Waals surface area contributed by atoms with Crippen LogP contribution in [0.3, 0.4) is 0 Å². The van der Waals surface area contributed by atoms with Crippen molar-refractivity contribution in [1.29, 1.82) is 5.26 Å². The Bertz CT molecular complexity index is 401. The molecule has 0 amide bonds. The van der Waals surface area contributed by atoms with Crippen molar-refractivity contribution in [2.45, 2.75) is 6.10 Å². The van der Waals surface area contributed by atoms with E-state index in [-0.39, 0.29) is 0 Å². The van der Waals surface area contributed by atoms with E-state index in [0.29, 0.717) is 24.5 Å². The average molecular weight is 218 g/mol. The summed E-state index contributed by atoms with van der Waals surface area (Å²) in [5.74, 6) is 0.660. The Morgan fingerprint density at radius 1 is 1.62 bits per heavy atom. The standard InChI is InChI=1S/C11H14N4O/c12-6-9-2-1-3-14-11(9)15-5-4-13-7-10(16)8-15/h1-3,10,13,16H,4-5,7-8H2. The molecule has 1 aromatic rings. The number of aromatic nitrogens is 1. The lowest BCUT2D eigenvalue weighted by molar-refractivity contribution is 0.184. The number of nitriles is 1. The fourth-order valence-corrected chi connectivity index (χ4v) is 1.82.